The molecule has 0 saturated heterocycles. The second kappa shape index (κ2) is 5.85. The maximum Gasteiger partial charge on any atom is 0.123 e. The molecule has 1 atom stereocenters. The summed E-state index contributed by atoms with van der Waals surface area (Å²) < 4.78 is 14.9. The third-order valence-corrected chi connectivity index (χ3v) is 3.84. The van der Waals surface area contributed by atoms with E-state index in [0.29, 0.717) is 0 Å². The van der Waals surface area contributed by atoms with E-state index in [1.54, 1.807) is 12.1 Å². The fourth-order valence-corrected chi connectivity index (χ4v) is 3.12. The predicted octanol–water partition coefficient (Wildman–Crippen LogP) is 5.52. The third-order valence-electron chi connectivity index (χ3n) is 2.66. The van der Waals surface area contributed by atoms with Gasteiger partial charge >= 0.3 is 0 Å². The van der Waals surface area contributed by atoms with E-state index in [4.69, 9.17) is 0 Å². The van der Waals surface area contributed by atoms with Crippen LogP contribution in [0.15, 0.2) is 51.4 Å². The van der Waals surface area contributed by atoms with Gasteiger partial charge in [0.25, 0.3) is 0 Å². The molecule has 0 aromatic heterocycles. The van der Waals surface area contributed by atoms with Gasteiger partial charge in [0.2, 0.25) is 0 Å². The van der Waals surface area contributed by atoms with Crippen molar-refractivity contribution in [2.24, 2.45) is 0 Å². The van der Waals surface area contributed by atoms with Gasteiger partial charge in [-0.3, -0.25) is 0 Å². The molecule has 1 unspecified atom stereocenters. The van der Waals surface area contributed by atoms with Crippen molar-refractivity contribution >= 4 is 37.5 Å². The molecule has 0 spiro atoms. The van der Waals surface area contributed by atoms with Gasteiger partial charge in [-0.25, -0.2) is 4.39 Å². The number of hydrogen-bond donors (Lipinski definition) is 1. The molecule has 0 bridgehead atoms. The summed E-state index contributed by atoms with van der Waals surface area (Å²) in [5, 5.41) is 3.33. The molecule has 0 amide bonds. The van der Waals surface area contributed by atoms with Crippen LogP contribution in [0, 0.1) is 5.82 Å². The van der Waals surface area contributed by atoms with Crippen LogP contribution in [0.5, 0.6) is 0 Å². The number of benzene rings is 2. The quantitative estimate of drug-likeness (QED) is 0.747. The number of anilines is 1. The molecular formula is C14H12Br2FN. The summed E-state index contributed by atoms with van der Waals surface area (Å²) in [7, 11) is 0. The minimum absolute atomic E-state index is 0.137. The summed E-state index contributed by atoms with van der Waals surface area (Å²) in [4.78, 5) is 0. The summed E-state index contributed by atoms with van der Waals surface area (Å²) >= 11 is 6.97. The Labute approximate surface area is 123 Å². The number of halogens is 3. The molecule has 1 N–H and O–H groups in total. The maximum absolute atomic E-state index is 12.8. The molecule has 94 valence electrons. The Hall–Kier alpha value is -0.870. The van der Waals surface area contributed by atoms with Crippen LogP contribution < -0.4 is 5.32 Å². The first-order valence-corrected chi connectivity index (χ1v) is 7.12. The molecule has 0 heterocycles. The van der Waals surface area contributed by atoms with E-state index in [2.05, 4.69) is 50.2 Å². The average molecular weight is 373 g/mol. The first-order valence-electron chi connectivity index (χ1n) is 5.53. The Morgan fingerprint density at radius 2 is 1.72 bits per heavy atom. The van der Waals surface area contributed by atoms with Crippen LogP contribution in [-0.4, -0.2) is 0 Å². The Kier molecular flexibility index (Phi) is 4.40. The van der Waals surface area contributed by atoms with Crippen molar-refractivity contribution in [1.82, 2.24) is 0 Å². The molecule has 0 fully saturated rings. The molecule has 0 saturated carbocycles. The second-order valence-electron chi connectivity index (χ2n) is 4.04. The zero-order valence-electron chi connectivity index (χ0n) is 9.75. The first kappa shape index (κ1) is 13.6. The topological polar surface area (TPSA) is 12.0 Å². The molecule has 2 aromatic rings. The minimum atomic E-state index is -0.224. The summed E-state index contributed by atoms with van der Waals surface area (Å²) in [6, 6.07) is 12.6. The van der Waals surface area contributed by atoms with Crippen molar-refractivity contribution in [2.75, 3.05) is 5.32 Å². The Morgan fingerprint density at radius 1 is 1.06 bits per heavy atom. The van der Waals surface area contributed by atoms with Gasteiger partial charge in [0.15, 0.2) is 0 Å². The van der Waals surface area contributed by atoms with Gasteiger partial charge < -0.3 is 5.32 Å². The lowest BCUT2D eigenvalue weighted by molar-refractivity contribution is 0.628. The van der Waals surface area contributed by atoms with Crippen molar-refractivity contribution in [2.45, 2.75) is 13.0 Å². The Balaban J connectivity index is 2.16. The number of nitrogens with one attached hydrogen (secondary N) is 1. The molecule has 0 aliphatic rings. The van der Waals surface area contributed by atoms with E-state index in [1.807, 2.05) is 12.1 Å². The van der Waals surface area contributed by atoms with E-state index in [9.17, 15) is 4.39 Å². The summed E-state index contributed by atoms with van der Waals surface area (Å²) in [5.74, 6) is -0.224. The molecule has 4 heteroatoms. The summed E-state index contributed by atoms with van der Waals surface area (Å²) in [6.07, 6.45) is 0. The molecule has 2 rings (SSSR count). The summed E-state index contributed by atoms with van der Waals surface area (Å²) in [6.45, 7) is 2.07. The van der Waals surface area contributed by atoms with Crippen LogP contribution in [-0.2, 0) is 0 Å². The van der Waals surface area contributed by atoms with Crippen LogP contribution in [0.4, 0.5) is 10.1 Å². The minimum Gasteiger partial charge on any atom is -0.378 e. The Bertz CT molecular complexity index is 540. The third kappa shape index (κ3) is 3.33. The van der Waals surface area contributed by atoms with E-state index in [-0.39, 0.29) is 11.9 Å². The highest BCUT2D eigenvalue weighted by Gasteiger charge is 2.09. The molecule has 2 aromatic carbocycles. The molecule has 0 aliphatic heterocycles. The SMILES string of the molecule is CC(Nc1ccc(F)cc1)c1ccc(Br)cc1Br. The largest absolute Gasteiger partial charge is 0.378 e. The second-order valence-corrected chi connectivity index (χ2v) is 5.81. The van der Waals surface area contributed by atoms with E-state index in [0.717, 1.165) is 20.2 Å². The zero-order chi connectivity index (χ0) is 13.1. The monoisotopic (exact) mass is 371 g/mol. The van der Waals surface area contributed by atoms with Crippen molar-refractivity contribution in [3.05, 3.63) is 62.8 Å². The van der Waals surface area contributed by atoms with Crippen molar-refractivity contribution in [3.8, 4) is 0 Å². The Morgan fingerprint density at radius 3 is 2.33 bits per heavy atom. The van der Waals surface area contributed by atoms with Gasteiger partial charge in [0.05, 0.1) is 0 Å². The predicted molar refractivity (Wildman–Crippen MR) is 80.3 cm³/mol. The molecule has 1 nitrogen and oxygen atoms in total. The number of hydrogen-bond acceptors (Lipinski definition) is 1. The number of rotatable bonds is 3. The molecule has 0 radical (unpaired) electrons. The first-order chi connectivity index (χ1) is 8.56. The normalized spacial score (nSPS) is 12.2. The zero-order valence-corrected chi connectivity index (χ0v) is 12.9. The average Bonchev–Trinajstić information content (AvgIpc) is 2.32. The van der Waals surface area contributed by atoms with Crippen LogP contribution >= 0.6 is 31.9 Å². The van der Waals surface area contributed by atoms with Crippen molar-refractivity contribution in [3.63, 3.8) is 0 Å². The fraction of sp³-hybridized carbons (Fsp3) is 0.143. The highest BCUT2D eigenvalue weighted by Crippen LogP contribution is 2.28. The van der Waals surface area contributed by atoms with Gasteiger partial charge in [-0.05, 0) is 48.9 Å². The van der Waals surface area contributed by atoms with Gasteiger partial charge in [-0.2, -0.15) is 0 Å². The molecular weight excluding hydrogens is 361 g/mol. The lowest BCUT2D eigenvalue weighted by Gasteiger charge is -2.17. The van der Waals surface area contributed by atoms with Crippen LogP contribution in [0.2, 0.25) is 0 Å². The van der Waals surface area contributed by atoms with Crippen LogP contribution in [0.1, 0.15) is 18.5 Å². The van der Waals surface area contributed by atoms with Crippen molar-refractivity contribution in [1.29, 1.82) is 0 Å². The highest BCUT2D eigenvalue weighted by molar-refractivity contribution is 9.11. The lowest BCUT2D eigenvalue weighted by atomic mass is 10.1. The molecule has 0 aliphatic carbocycles. The summed E-state index contributed by atoms with van der Waals surface area (Å²) in [5.41, 5.74) is 2.06. The van der Waals surface area contributed by atoms with E-state index >= 15 is 0 Å². The van der Waals surface area contributed by atoms with E-state index in [1.165, 1.54) is 12.1 Å². The van der Waals surface area contributed by atoms with Crippen molar-refractivity contribution < 1.29 is 4.39 Å². The maximum atomic E-state index is 12.8. The standard InChI is InChI=1S/C14H12Br2FN/c1-9(13-7-2-10(15)8-14(13)16)18-12-5-3-11(17)4-6-12/h2-9,18H,1H3. The fourth-order valence-electron chi connectivity index (χ4n) is 1.73. The lowest BCUT2D eigenvalue weighted by Crippen LogP contribution is -2.07. The van der Waals surface area contributed by atoms with Gasteiger partial charge in [0, 0.05) is 20.7 Å². The van der Waals surface area contributed by atoms with Gasteiger partial charge in [0.1, 0.15) is 5.82 Å². The van der Waals surface area contributed by atoms with Crippen LogP contribution in [0.3, 0.4) is 0 Å². The van der Waals surface area contributed by atoms with E-state index < -0.39 is 0 Å². The van der Waals surface area contributed by atoms with Gasteiger partial charge in [-0.1, -0.05) is 37.9 Å². The van der Waals surface area contributed by atoms with Crippen LogP contribution in [0.25, 0.3) is 0 Å². The van der Waals surface area contributed by atoms with Gasteiger partial charge in [-0.15, -0.1) is 0 Å². The smallest absolute Gasteiger partial charge is 0.123 e. The highest BCUT2D eigenvalue weighted by atomic mass is 79.9. The molecule has 18 heavy (non-hydrogen) atoms.